The number of sulfonamides is 1. The Balaban J connectivity index is 2.52. The Kier molecular flexibility index (Phi) is 4.88. The van der Waals surface area contributed by atoms with Crippen molar-refractivity contribution in [2.24, 2.45) is 0 Å². The van der Waals surface area contributed by atoms with Gasteiger partial charge in [0.15, 0.2) is 8.68 Å². The smallest absolute Gasteiger partial charge is 0.275 e. The van der Waals surface area contributed by atoms with Crippen LogP contribution in [-0.2, 0) is 10.0 Å². The maximum Gasteiger partial charge on any atom is 0.275 e. The van der Waals surface area contributed by atoms with E-state index >= 15 is 0 Å². The molecule has 1 N–H and O–H groups in total. The summed E-state index contributed by atoms with van der Waals surface area (Å²) in [5.74, 6) is 0. The van der Waals surface area contributed by atoms with Crippen LogP contribution in [0.4, 0.5) is 5.69 Å². The molecule has 114 valence electrons. The maximum atomic E-state index is 12.8. The van der Waals surface area contributed by atoms with E-state index in [0.29, 0.717) is 11.4 Å². The number of para-hydroxylation sites is 1. The lowest BCUT2D eigenvalue weighted by molar-refractivity contribution is 0.204. The first kappa shape index (κ1) is 16.2. The predicted octanol–water partition coefficient (Wildman–Crippen LogP) is 2.68. The molecule has 0 aliphatic rings. The molecule has 0 bridgehead atoms. The molecule has 1 aromatic carbocycles. The van der Waals surface area contributed by atoms with Crippen molar-refractivity contribution in [3.05, 3.63) is 40.5 Å². The van der Waals surface area contributed by atoms with Gasteiger partial charge in [0.25, 0.3) is 10.0 Å². The Morgan fingerprint density at radius 2 is 2.00 bits per heavy atom. The average Bonchev–Trinajstić information content (AvgIpc) is 2.76. The van der Waals surface area contributed by atoms with Gasteiger partial charge < -0.3 is 5.11 Å². The summed E-state index contributed by atoms with van der Waals surface area (Å²) in [5, 5.41) is 9.62. The minimum absolute atomic E-state index is 0.0404. The number of anilines is 1. The summed E-state index contributed by atoms with van der Waals surface area (Å²) < 4.78 is 27.1. The number of thiazole rings is 1. The third kappa shape index (κ3) is 3.55. The minimum atomic E-state index is -3.81. The molecular weight excluding hydrogens is 332 g/mol. The number of aliphatic hydroxyl groups excluding tert-OH is 1. The van der Waals surface area contributed by atoms with Gasteiger partial charge in [0.2, 0.25) is 0 Å². The molecule has 8 heteroatoms. The van der Waals surface area contributed by atoms with Crippen molar-refractivity contribution in [2.75, 3.05) is 10.8 Å². The Bertz CT molecular complexity index is 714. The molecule has 0 aliphatic carbocycles. The number of halogens is 1. The Morgan fingerprint density at radius 3 is 2.48 bits per heavy atom. The molecule has 2 rings (SSSR count). The zero-order valence-corrected chi connectivity index (χ0v) is 13.9. The molecule has 0 fully saturated rings. The van der Waals surface area contributed by atoms with Gasteiger partial charge in [-0.25, -0.2) is 13.4 Å². The highest BCUT2D eigenvalue weighted by molar-refractivity contribution is 7.94. The minimum Gasteiger partial charge on any atom is -0.392 e. The molecule has 2 aromatic rings. The molecule has 1 atom stereocenters. The summed E-state index contributed by atoms with van der Waals surface area (Å²) in [6.45, 7) is 3.10. The van der Waals surface area contributed by atoms with Crippen LogP contribution in [0.1, 0.15) is 12.6 Å². The molecule has 0 radical (unpaired) electrons. The van der Waals surface area contributed by atoms with Crippen LogP contribution in [0.2, 0.25) is 4.47 Å². The summed E-state index contributed by atoms with van der Waals surface area (Å²) >= 11 is 6.72. The van der Waals surface area contributed by atoms with Crippen molar-refractivity contribution in [3.8, 4) is 0 Å². The van der Waals surface area contributed by atoms with Gasteiger partial charge in [0, 0.05) is 0 Å². The molecule has 1 unspecified atom stereocenters. The van der Waals surface area contributed by atoms with Gasteiger partial charge in [-0.3, -0.25) is 4.31 Å². The number of aryl methyl sites for hydroxylation is 1. The lowest BCUT2D eigenvalue weighted by atomic mass is 10.3. The summed E-state index contributed by atoms with van der Waals surface area (Å²) in [7, 11) is -3.81. The lowest BCUT2D eigenvalue weighted by Crippen LogP contribution is -2.36. The third-order valence-electron chi connectivity index (χ3n) is 2.73. The standard InChI is InChI=1S/C13H15ClN2O3S2/c1-9(17)8-16(11-6-4-3-5-7-11)21(18,19)12-10(2)15-13(14)20-12/h3-7,9,17H,8H2,1-2H3. The van der Waals surface area contributed by atoms with Crippen LogP contribution in [-0.4, -0.2) is 31.2 Å². The lowest BCUT2D eigenvalue weighted by Gasteiger charge is -2.25. The Morgan fingerprint density at radius 1 is 1.38 bits per heavy atom. The molecule has 1 heterocycles. The van der Waals surface area contributed by atoms with Crippen LogP contribution < -0.4 is 4.31 Å². The van der Waals surface area contributed by atoms with E-state index in [2.05, 4.69) is 4.98 Å². The summed E-state index contributed by atoms with van der Waals surface area (Å²) in [4.78, 5) is 3.95. The second-order valence-electron chi connectivity index (χ2n) is 4.56. The second kappa shape index (κ2) is 6.31. The number of aromatic nitrogens is 1. The molecule has 0 saturated carbocycles. The average molecular weight is 347 g/mol. The fraction of sp³-hybridized carbons (Fsp3) is 0.308. The van der Waals surface area contributed by atoms with Crippen LogP contribution in [0.3, 0.4) is 0 Å². The van der Waals surface area contributed by atoms with Crippen LogP contribution in [0.5, 0.6) is 0 Å². The molecule has 21 heavy (non-hydrogen) atoms. The fourth-order valence-corrected chi connectivity index (χ4v) is 5.25. The summed E-state index contributed by atoms with van der Waals surface area (Å²) in [6.07, 6.45) is -0.802. The van der Waals surface area contributed by atoms with E-state index in [-0.39, 0.29) is 15.2 Å². The first-order chi connectivity index (χ1) is 9.82. The third-order valence-corrected chi connectivity index (χ3v) is 6.37. The van der Waals surface area contributed by atoms with Crippen molar-refractivity contribution >= 4 is 38.6 Å². The van der Waals surface area contributed by atoms with Crippen LogP contribution >= 0.6 is 22.9 Å². The van der Waals surface area contributed by atoms with Crippen molar-refractivity contribution < 1.29 is 13.5 Å². The van der Waals surface area contributed by atoms with Crippen molar-refractivity contribution in [1.82, 2.24) is 4.98 Å². The first-order valence-electron chi connectivity index (χ1n) is 6.21. The monoisotopic (exact) mass is 346 g/mol. The van der Waals surface area contributed by atoms with E-state index in [1.165, 1.54) is 11.2 Å². The van der Waals surface area contributed by atoms with Crippen LogP contribution in [0.25, 0.3) is 0 Å². The number of aliphatic hydroxyl groups is 1. The van der Waals surface area contributed by atoms with Crippen LogP contribution in [0, 0.1) is 6.92 Å². The molecule has 0 saturated heterocycles. The number of benzene rings is 1. The number of hydrogen-bond acceptors (Lipinski definition) is 5. The number of hydrogen-bond donors (Lipinski definition) is 1. The Labute approximate surface area is 132 Å². The van der Waals surface area contributed by atoms with Gasteiger partial charge in [-0.15, -0.1) is 0 Å². The van der Waals surface area contributed by atoms with Crippen molar-refractivity contribution in [3.63, 3.8) is 0 Å². The van der Waals surface area contributed by atoms with Crippen molar-refractivity contribution in [1.29, 1.82) is 0 Å². The first-order valence-corrected chi connectivity index (χ1v) is 8.84. The van der Waals surface area contributed by atoms with Crippen LogP contribution in [0.15, 0.2) is 34.5 Å². The fourth-order valence-electron chi connectivity index (χ4n) is 1.87. The van der Waals surface area contributed by atoms with Gasteiger partial charge in [-0.05, 0) is 26.0 Å². The second-order valence-corrected chi connectivity index (χ2v) is 8.20. The molecule has 0 amide bonds. The van der Waals surface area contributed by atoms with Gasteiger partial charge >= 0.3 is 0 Å². The van der Waals surface area contributed by atoms with Gasteiger partial charge in [-0.2, -0.15) is 0 Å². The SMILES string of the molecule is Cc1nc(Cl)sc1S(=O)(=O)N(CC(C)O)c1ccccc1. The highest BCUT2D eigenvalue weighted by Crippen LogP contribution is 2.32. The quantitative estimate of drug-likeness (QED) is 0.903. The van der Waals surface area contributed by atoms with E-state index < -0.39 is 16.1 Å². The predicted molar refractivity (Wildman–Crippen MR) is 84.5 cm³/mol. The molecule has 5 nitrogen and oxygen atoms in total. The van der Waals surface area contributed by atoms with E-state index in [1.807, 2.05) is 0 Å². The molecule has 0 spiro atoms. The van der Waals surface area contributed by atoms with E-state index in [4.69, 9.17) is 11.6 Å². The van der Waals surface area contributed by atoms with E-state index in [1.54, 1.807) is 37.3 Å². The number of rotatable bonds is 5. The molecule has 0 aliphatic heterocycles. The normalized spacial score (nSPS) is 13.1. The number of nitrogens with zero attached hydrogens (tertiary/aromatic N) is 2. The highest BCUT2D eigenvalue weighted by Gasteiger charge is 2.30. The van der Waals surface area contributed by atoms with Gasteiger partial charge in [0.05, 0.1) is 24.0 Å². The van der Waals surface area contributed by atoms with Crippen molar-refractivity contribution in [2.45, 2.75) is 24.2 Å². The largest absolute Gasteiger partial charge is 0.392 e. The summed E-state index contributed by atoms with van der Waals surface area (Å²) in [5.41, 5.74) is 0.846. The maximum absolute atomic E-state index is 12.8. The van der Waals surface area contributed by atoms with E-state index in [9.17, 15) is 13.5 Å². The topological polar surface area (TPSA) is 70.5 Å². The zero-order chi connectivity index (χ0) is 15.6. The van der Waals surface area contributed by atoms with Gasteiger partial charge in [0.1, 0.15) is 0 Å². The molecule has 1 aromatic heterocycles. The van der Waals surface area contributed by atoms with E-state index in [0.717, 1.165) is 11.3 Å². The van der Waals surface area contributed by atoms with Gasteiger partial charge in [-0.1, -0.05) is 41.1 Å². The molecular formula is C13H15ClN2O3S2. The highest BCUT2D eigenvalue weighted by atomic mass is 35.5. The zero-order valence-electron chi connectivity index (χ0n) is 11.5. The Hall–Kier alpha value is -1.15. The summed E-state index contributed by atoms with van der Waals surface area (Å²) in [6, 6.07) is 8.64.